The van der Waals surface area contributed by atoms with Gasteiger partial charge in [-0.2, -0.15) is 11.8 Å². The zero-order valence-corrected chi connectivity index (χ0v) is 13.4. The number of thioether (sulfide) groups is 1. The Morgan fingerprint density at radius 1 is 1.35 bits per heavy atom. The maximum absolute atomic E-state index is 11.5. The van der Waals surface area contributed by atoms with Crippen molar-refractivity contribution in [3.63, 3.8) is 0 Å². The summed E-state index contributed by atoms with van der Waals surface area (Å²) in [5.41, 5.74) is 0. The van der Waals surface area contributed by atoms with E-state index in [0.717, 1.165) is 4.31 Å². The van der Waals surface area contributed by atoms with Gasteiger partial charge in [0.15, 0.2) is 0 Å². The van der Waals surface area contributed by atoms with Gasteiger partial charge in [0.1, 0.15) is 6.04 Å². The van der Waals surface area contributed by atoms with E-state index < -0.39 is 28.1 Å². The van der Waals surface area contributed by atoms with E-state index in [1.54, 1.807) is 0 Å². The van der Waals surface area contributed by atoms with Gasteiger partial charge in [-0.3, -0.25) is 0 Å². The number of carbonyl (C=O) groups is 2. The minimum Gasteiger partial charge on any atom is -0.480 e. The van der Waals surface area contributed by atoms with Crippen molar-refractivity contribution in [3.8, 4) is 0 Å². The van der Waals surface area contributed by atoms with Crippen LogP contribution in [-0.4, -0.2) is 74.3 Å². The van der Waals surface area contributed by atoms with Crippen molar-refractivity contribution in [2.24, 2.45) is 0 Å². The zero-order chi connectivity index (χ0) is 15.8. The minimum atomic E-state index is -3.38. The van der Waals surface area contributed by atoms with Crippen LogP contribution < -0.4 is 10.6 Å². The second-order valence-corrected chi connectivity index (χ2v) is 7.46. The largest absolute Gasteiger partial charge is 0.480 e. The van der Waals surface area contributed by atoms with E-state index in [4.69, 9.17) is 5.11 Å². The molecule has 20 heavy (non-hydrogen) atoms. The summed E-state index contributed by atoms with van der Waals surface area (Å²) in [6, 6.07) is -1.67. The smallest absolute Gasteiger partial charge is 0.326 e. The zero-order valence-electron chi connectivity index (χ0n) is 11.7. The lowest BCUT2D eigenvalue weighted by Crippen LogP contribution is -2.47. The van der Waals surface area contributed by atoms with Crippen molar-refractivity contribution in [1.82, 2.24) is 14.9 Å². The SMILES string of the molecule is CSCC[C@H](NC(=O)NCCS(=O)(=O)N(C)C)C(=O)O. The first-order valence-electron chi connectivity index (χ1n) is 5.87. The molecule has 3 N–H and O–H groups in total. The van der Waals surface area contributed by atoms with Crippen LogP contribution in [0.2, 0.25) is 0 Å². The number of carboxylic acids is 1. The number of urea groups is 1. The molecule has 0 saturated heterocycles. The van der Waals surface area contributed by atoms with Gasteiger partial charge in [-0.15, -0.1) is 0 Å². The van der Waals surface area contributed by atoms with E-state index in [-0.39, 0.29) is 12.3 Å². The molecule has 0 rings (SSSR count). The van der Waals surface area contributed by atoms with E-state index in [0.29, 0.717) is 12.2 Å². The predicted octanol–water partition coefficient (Wildman–Crippen LogP) is -0.617. The van der Waals surface area contributed by atoms with E-state index in [9.17, 15) is 18.0 Å². The van der Waals surface area contributed by atoms with Gasteiger partial charge in [-0.25, -0.2) is 22.3 Å². The first-order chi connectivity index (χ1) is 9.20. The maximum Gasteiger partial charge on any atom is 0.326 e. The molecule has 0 aliphatic carbocycles. The summed E-state index contributed by atoms with van der Waals surface area (Å²) in [4.78, 5) is 22.4. The summed E-state index contributed by atoms with van der Waals surface area (Å²) < 4.78 is 23.9. The average molecular weight is 327 g/mol. The highest BCUT2D eigenvalue weighted by atomic mass is 32.2. The Hall–Kier alpha value is -1.00. The lowest BCUT2D eigenvalue weighted by Gasteiger charge is -2.15. The maximum atomic E-state index is 11.5. The average Bonchev–Trinajstić information content (AvgIpc) is 2.33. The van der Waals surface area contributed by atoms with Crippen LogP contribution in [0.5, 0.6) is 0 Å². The second kappa shape index (κ2) is 9.03. The van der Waals surface area contributed by atoms with Crippen molar-refractivity contribution in [2.45, 2.75) is 12.5 Å². The molecule has 2 amide bonds. The number of carbonyl (C=O) groups excluding carboxylic acids is 1. The fraction of sp³-hybridized carbons (Fsp3) is 0.800. The Labute approximate surface area is 123 Å². The predicted molar refractivity (Wildman–Crippen MR) is 78.4 cm³/mol. The molecule has 0 spiro atoms. The van der Waals surface area contributed by atoms with Gasteiger partial charge < -0.3 is 15.7 Å². The van der Waals surface area contributed by atoms with Gasteiger partial charge in [0.2, 0.25) is 10.0 Å². The highest BCUT2D eigenvalue weighted by Gasteiger charge is 2.19. The van der Waals surface area contributed by atoms with E-state index >= 15 is 0 Å². The Balaban J connectivity index is 4.18. The van der Waals surface area contributed by atoms with E-state index in [1.165, 1.54) is 25.9 Å². The highest BCUT2D eigenvalue weighted by Crippen LogP contribution is 2.00. The van der Waals surface area contributed by atoms with Crippen molar-refractivity contribution < 1.29 is 23.1 Å². The van der Waals surface area contributed by atoms with Crippen LogP contribution in [0.4, 0.5) is 4.79 Å². The van der Waals surface area contributed by atoms with Crippen LogP contribution in [0, 0.1) is 0 Å². The number of nitrogens with zero attached hydrogens (tertiary/aromatic N) is 1. The van der Waals surface area contributed by atoms with Crippen molar-refractivity contribution >= 4 is 33.8 Å². The Morgan fingerprint density at radius 2 is 1.95 bits per heavy atom. The molecule has 0 aromatic carbocycles. The monoisotopic (exact) mass is 327 g/mol. The van der Waals surface area contributed by atoms with Crippen LogP contribution >= 0.6 is 11.8 Å². The third-order valence-corrected chi connectivity index (χ3v) is 4.89. The topological polar surface area (TPSA) is 116 Å². The molecule has 0 heterocycles. The van der Waals surface area contributed by atoms with E-state index in [1.807, 2.05) is 6.26 Å². The third-order valence-electron chi connectivity index (χ3n) is 2.42. The number of carboxylic acid groups (broad SMARTS) is 1. The second-order valence-electron chi connectivity index (χ2n) is 4.17. The first-order valence-corrected chi connectivity index (χ1v) is 8.87. The molecule has 0 aromatic rings. The fourth-order valence-corrected chi connectivity index (χ4v) is 2.38. The molecular formula is C10H21N3O5S2. The van der Waals surface area contributed by atoms with Crippen LogP contribution in [0.1, 0.15) is 6.42 Å². The number of nitrogens with one attached hydrogen (secondary N) is 2. The van der Waals surface area contributed by atoms with Gasteiger partial charge in [-0.05, 0) is 18.4 Å². The third kappa shape index (κ3) is 7.56. The lowest BCUT2D eigenvalue weighted by atomic mass is 10.2. The van der Waals surface area contributed by atoms with Gasteiger partial charge in [0.05, 0.1) is 5.75 Å². The van der Waals surface area contributed by atoms with Crippen LogP contribution in [-0.2, 0) is 14.8 Å². The molecule has 118 valence electrons. The van der Waals surface area contributed by atoms with Crippen molar-refractivity contribution in [2.75, 3.05) is 38.4 Å². The normalized spacial score (nSPS) is 13.0. The summed E-state index contributed by atoms with van der Waals surface area (Å²) in [6.45, 7) is -0.0821. The fourth-order valence-electron chi connectivity index (χ4n) is 1.18. The van der Waals surface area contributed by atoms with Gasteiger partial charge in [0.25, 0.3) is 0 Å². The van der Waals surface area contributed by atoms with Gasteiger partial charge >= 0.3 is 12.0 Å². The Morgan fingerprint density at radius 3 is 2.40 bits per heavy atom. The Bertz CT molecular complexity index is 425. The van der Waals surface area contributed by atoms with Crippen LogP contribution in [0.25, 0.3) is 0 Å². The molecule has 0 aliphatic rings. The number of aliphatic carboxylic acids is 1. The summed E-state index contributed by atoms with van der Waals surface area (Å²) in [5.74, 6) is -0.752. The molecule has 0 aromatic heterocycles. The molecule has 1 atom stereocenters. The minimum absolute atomic E-state index is 0.0821. The van der Waals surface area contributed by atoms with Crippen LogP contribution in [0.3, 0.4) is 0 Å². The number of sulfonamides is 1. The molecule has 0 bridgehead atoms. The molecule has 0 fully saturated rings. The molecule has 0 saturated carbocycles. The summed E-state index contributed by atoms with van der Waals surface area (Å²) in [5, 5.41) is 13.5. The van der Waals surface area contributed by atoms with Gasteiger partial charge in [-0.1, -0.05) is 0 Å². The summed E-state index contributed by atoms with van der Waals surface area (Å²) in [6.07, 6.45) is 2.14. The first kappa shape index (κ1) is 19.0. The molecule has 0 radical (unpaired) electrons. The number of rotatable bonds is 9. The molecule has 10 heteroatoms. The number of hydrogen-bond donors (Lipinski definition) is 3. The lowest BCUT2D eigenvalue weighted by molar-refractivity contribution is -0.139. The standard InChI is InChI=1S/C10H21N3O5S2/c1-13(2)20(17,18)7-5-11-10(16)12-8(9(14)15)4-6-19-3/h8H,4-7H2,1-3H3,(H,14,15)(H2,11,12,16)/t8-/m0/s1. The molecule has 8 nitrogen and oxygen atoms in total. The number of amides is 2. The van der Waals surface area contributed by atoms with Crippen molar-refractivity contribution in [1.29, 1.82) is 0 Å². The quantitative estimate of drug-likeness (QED) is 0.520. The number of hydrogen-bond acceptors (Lipinski definition) is 5. The summed E-state index contributed by atoms with van der Waals surface area (Å²) >= 11 is 1.48. The van der Waals surface area contributed by atoms with Crippen LogP contribution in [0.15, 0.2) is 0 Å². The molecular weight excluding hydrogens is 306 g/mol. The van der Waals surface area contributed by atoms with Crippen molar-refractivity contribution in [3.05, 3.63) is 0 Å². The van der Waals surface area contributed by atoms with E-state index in [2.05, 4.69) is 10.6 Å². The highest BCUT2D eigenvalue weighted by molar-refractivity contribution is 7.98. The summed E-state index contributed by atoms with van der Waals surface area (Å²) in [7, 11) is -0.580. The molecule has 0 aliphatic heterocycles. The molecule has 0 unspecified atom stereocenters. The Kier molecular flexibility index (Phi) is 8.58. The van der Waals surface area contributed by atoms with Gasteiger partial charge in [0, 0.05) is 20.6 Å².